The van der Waals surface area contributed by atoms with Crippen LogP contribution in [0.1, 0.15) is 31.0 Å². The van der Waals surface area contributed by atoms with Crippen molar-refractivity contribution in [2.75, 3.05) is 25.1 Å². The van der Waals surface area contributed by atoms with Crippen LogP contribution in [0.2, 0.25) is 0 Å². The van der Waals surface area contributed by atoms with Crippen LogP contribution >= 0.6 is 0 Å². The molecule has 0 amide bonds. The van der Waals surface area contributed by atoms with E-state index in [9.17, 15) is 4.79 Å². The van der Waals surface area contributed by atoms with Gasteiger partial charge >= 0.3 is 5.97 Å². The lowest BCUT2D eigenvalue weighted by atomic mass is 9.96. The second-order valence-corrected chi connectivity index (χ2v) is 7.51. The van der Waals surface area contributed by atoms with Gasteiger partial charge in [0, 0.05) is 19.2 Å². The van der Waals surface area contributed by atoms with E-state index in [0.717, 1.165) is 58.8 Å². The first-order chi connectivity index (χ1) is 15.0. The van der Waals surface area contributed by atoms with Gasteiger partial charge in [0.2, 0.25) is 0 Å². The van der Waals surface area contributed by atoms with E-state index < -0.39 is 0 Å². The molecule has 5 nitrogen and oxygen atoms in total. The summed E-state index contributed by atoms with van der Waals surface area (Å²) < 4.78 is 10.8. The quantitative estimate of drug-likeness (QED) is 0.236. The van der Waals surface area contributed by atoms with Crippen molar-refractivity contribution in [2.24, 2.45) is 0 Å². The van der Waals surface area contributed by atoms with Crippen LogP contribution in [0.5, 0.6) is 0 Å². The van der Waals surface area contributed by atoms with Gasteiger partial charge in [-0.05, 0) is 43.4 Å². The topological polar surface area (TPSA) is 55.6 Å². The number of carbonyl (C=O) groups excluding carboxylic acids is 1. The number of hydrogen-bond donors (Lipinski definition) is 0. The summed E-state index contributed by atoms with van der Waals surface area (Å²) in [6.45, 7) is 8.86. The zero-order valence-corrected chi connectivity index (χ0v) is 18.6. The zero-order valence-electron chi connectivity index (χ0n) is 18.6. The first-order valence-electron chi connectivity index (χ1n) is 10.7. The molecule has 0 unspecified atom stereocenters. The molecule has 0 saturated carbocycles. The van der Waals surface area contributed by atoms with Gasteiger partial charge in [-0.2, -0.15) is 0 Å². The van der Waals surface area contributed by atoms with Gasteiger partial charge in [0.15, 0.2) is 5.76 Å². The first kappa shape index (κ1) is 22.3. The third-order valence-corrected chi connectivity index (χ3v) is 5.23. The predicted molar refractivity (Wildman–Crippen MR) is 125 cm³/mol. The number of unbranched alkanes of at least 4 members (excludes halogenated alkanes) is 1. The Kier molecular flexibility index (Phi) is 7.65. The van der Waals surface area contributed by atoms with Crippen molar-refractivity contribution in [2.45, 2.75) is 33.1 Å². The Balaban J connectivity index is 1.86. The van der Waals surface area contributed by atoms with Gasteiger partial charge in [-0.25, -0.2) is 0 Å². The summed E-state index contributed by atoms with van der Waals surface area (Å²) in [5, 5.41) is 4.20. The van der Waals surface area contributed by atoms with E-state index in [1.807, 2.05) is 56.3 Å². The van der Waals surface area contributed by atoms with E-state index >= 15 is 0 Å². The number of aryl methyl sites for hydroxylation is 1. The van der Waals surface area contributed by atoms with Crippen molar-refractivity contribution < 1.29 is 14.1 Å². The number of anilines is 1. The molecular weight excluding hydrogens is 388 g/mol. The second kappa shape index (κ2) is 10.6. The van der Waals surface area contributed by atoms with Gasteiger partial charge in [-0.3, -0.25) is 4.79 Å². The van der Waals surface area contributed by atoms with Crippen LogP contribution in [0.25, 0.3) is 22.5 Å². The Morgan fingerprint density at radius 3 is 2.58 bits per heavy atom. The summed E-state index contributed by atoms with van der Waals surface area (Å²) in [7, 11) is 2.06. The Morgan fingerprint density at radius 2 is 1.87 bits per heavy atom. The Bertz CT molecular complexity index is 1020. The van der Waals surface area contributed by atoms with Gasteiger partial charge in [-0.1, -0.05) is 59.8 Å². The largest absolute Gasteiger partial charge is 0.466 e. The molecule has 0 atom stereocenters. The highest BCUT2D eigenvalue weighted by molar-refractivity contribution is 5.80. The molecule has 1 heterocycles. The smallest absolute Gasteiger partial charge is 0.310 e. The van der Waals surface area contributed by atoms with Gasteiger partial charge in [0.25, 0.3) is 0 Å². The fourth-order valence-electron chi connectivity index (χ4n) is 3.71. The minimum Gasteiger partial charge on any atom is -0.466 e. The van der Waals surface area contributed by atoms with E-state index in [2.05, 4.69) is 35.8 Å². The van der Waals surface area contributed by atoms with Crippen LogP contribution in [0.4, 0.5) is 5.69 Å². The maximum atomic E-state index is 12.0. The van der Waals surface area contributed by atoms with Gasteiger partial charge in [0.05, 0.1) is 13.0 Å². The lowest BCUT2D eigenvalue weighted by molar-refractivity contribution is -0.142. The van der Waals surface area contributed by atoms with Crippen molar-refractivity contribution in [3.8, 4) is 22.5 Å². The number of ether oxygens (including phenoxy) is 1. The molecule has 0 aliphatic carbocycles. The Labute approximate surface area is 184 Å². The van der Waals surface area contributed by atoms with Crippen molar-refractivity contribution in [3.63, 3.8) is 0 Å². The van der Waals surface area contributed by atoms with E-state index in [0.29, 0.717) is 6.61 Å². The van der Waals surface area contributed by atoms with Gasteiger partial charge in [-0.15, -0.1) is 6.58 Å². The van der Waals surface area contributed by atoms with Crippen molar-refractivity contribution in [1.29, 1.82) is 0 Å². The van der Waals surface area contributed by atoms with E-state index in [1.54, 1.807) is 0 Å². The number of nitrogens with zero attached hydrogens (tertiary/aromatic N) is 2. The molecule has 0 radical (unpaired) electrons. The summed E-state index contributed by atoms with van der Waals surface area (Å²) in [6.07, 6.45) is 4.20. The minimum absolute atomic E-state index is 0.215. The van der Waals surface area contributed by atoms with Gasteiger partial charge in [0.1, 0.15) is 11.4 Å². The third-order valence-electron chi connectivity index (χ3n) is 5.23. The number of rotatable bonds is 10. The number of esters is 1. The monoisotopic (exact) mass is 418 g/mol. The maximum absolute atomic E-state index is 12.0. The molecular formula is C26H30N2O3. The highest BCUT2D eigenvalue weighted by atomic mass is 16.5. The zero-order chi connectivity index (χ0) is 22.2. The van der Waals surface area contributed by atoms with E-state index in [-0.39, 0.29) is 12.4 Å². The molecule has 0 saturated heterocycles. The van der Waals surface area contributed by atoms with Crippen LogP contribution in [0, 0.1) is 6.92 Å². The molecule has 0 fully saturated rings. The molecule has 1 aromatic heterocycles. The number of aromatic nitrogens is 1. The van der Waals surface area contributed by atoms with Crippen molar-refractivity contribution in [1.82, 2.24) is 5.16 Å². The lowest BCUT2D eigenvalue weighted by Gasteiger charge is -2.19. The molecule has 0 aliphatic heterocycles. The second-order valence-electron chi connectivity index (χ2n) is 7.51. The first-order valence-corrected chi connectivity index (χ1v) is 10.7. The number of allylic oxidation sites excluding steroid dienone is 1. The lowest BCUT2D eigenvalue weighted by Crippen LogP contribution is -2.19. The Hall–Kier alpha value is -3.34. The average molecular weight is 419 g/mol. The maximum Gasteiger partial charge on any atom is 0.310 e. The van der Waals surface area contributed by atoms with Crippen LogP contribution < -0.4 is 4.90 Å². The highest BCUT2D eigenvalue weighted by Gasteiger charge is 2.19. The Morgan fingerprint density at radius 1 is 1.16 bits per heavy atom. The molecule has 31 heavy (non-hydrogen) atoms. The fourth-order valence-corrected chi connectivity index (χ4v) is 3.71. The standard InChI is InChI=1S/C26H30N2O3/c1-5-7-10-17-28(4)25-19(3)27-31-26(25)21-15-13-20(14-16-21)23-12-9-8-11-22(23)18-24(29)30-6-2/h5,8-9,11-16H,1,6-7,10,17-18H2,2-4H3. The third kappa shape index (κ3) is 5.43. The fraction of sp³-hybridized carbons (Fsp3) is 0.308. The molecule has 0 aliphatic rings. The number of hydrogen-bond acceptors (Lipinski definition) is 5. The van der Waals surface area contributed by atoms with Crippen LogP contribution in [-0.4, -0.2) is 31.3 Å². The summed E-state index contributed by atoms with van der Waals surface area (Å²) in [6, 6.07) is 16.1. The predicted octanol–water partition coefficient (Wildman–Crippen LogP) is 5.83. The molecule has 3 aromatic rings. The molecule has 3 rings (SSSR count). The summed E-state index contributed by atoms with van der Waals surface area (Å²) >= 11 is 0. The van der Waals surface area contributed by atoms with Crippen molar-refractivity contribution >= 4 is 11.7 Å². The molecule has 162 valence electrons. The highest BCUT2D eigenvalue weighted by Crippen LogP contribution is 2.35. The molecule has 5 heteroatoms. The molecule has 2 aromatic carbocycles. The van der Waals surface area contributed by atoms with Crippen LogP contribution in [0.3, 0.4) is 0 Å². The summed E-state index contributed by atoms with van der Waals surface area (Å²) in [5.74, 6) is 0.554. The van der Waals surface area contributed by atoms with E-state index in [4.69, 9.17) is 9.26 Å². The molecule has 0 bridgehead atoms. The van der Waals surface area contributed by atoms with Crippen molar-refractivity contribution in [3.05, 3.63) is 72.4 Å². The molecule has 0 N–H and O–H groups in total. The SMILES string of the molecule is C=CCCCN(C)c1c(C)noc1-c1ccc(-c2ccccc2CC(=O)OCC)cc1. The minimum atomic E-state index is -0.215. The average Bonchev–Trinajstić information content (AvgIpc) is 3.16. The van der Waals surface area contributed by atoms with Gasteiger partial charge < -0.3 is 14.2 Å². The van der Waals surface area contributed by atoms with Crippen LogP contribution in [0.15, 0.2) is 65.7 Å². The molecule has 0 spiro atoms. The normalized spacial score (nSPS) is 10.7. The van der Waals surface area contributed by atoms with Crippen LogP contribution in [-0.2, 0) is 16.0 Å². The van der Waals surface area contributed by atoms with E-state index in [1.165, 1.54) is 0 Å². The summed E-state index contributed by atoms with van der Waals surface area (Å²) in [4.78, 5) is 14.2. The summed E-state index contributed by atoms with van der Waals surface area (Å²) in [5.41, 5.74) is 5.88. The number of carbonyl (C=O) groups is 1. The number of benzene rings is 2.